The number of thiazole rings is 2. The third-order valence-electron chi connectivity index (χ3n) is 3.45. The number of amides is 1. The number of carbonyl (C=O) groups excluding carboxylic acids is 1. The molecule has 2 aromatic heterocycles. The molecular weight excluding hydrogens is 330 g/mol. The second-order valence-corrected chi connectivity index (χ2v) is 6.81. The smallest absolute Gasteiger partial charge is 0.300 e. The van der Waals surface area contributed by atoms with Gasteiger partial charge in [-0.15, -0.1) is 11.3 Å². The Bertz CT molecular complexity index is 908. The summed E-state index contributed by atoms with van der Waals surface area (Å²) in [5.41, 5.74) is 3.81. The first-order chi connectivity index (χ1) is 11.0. The fourth-order valence-electron chi connectivity index (χ4n) is 2.21. The molecule has 7 heteroatoms. The summed E-state index contributed by atoms with van der Waals surface area (Å²) >= 11 is 2.47. The highest BCUT2D eigenvalue weighted by Gasteiger charge is 2.12. The number of nitrogens with zero attached hydrogens (tertiary/aromatic N) is 2. The van der Waals surface area contributed by atoms with Gasteiger partial charge >= 0.3 is 4.87 Å². The number of nitrogens with one attached hydrogen (secondary N) is 1. The van der Waals surface area contributed by atoms with Gasteiger partial charge in [0.1, 0.15) is 6.54 Å². The van der Waals surface area contributed by atoms with Crippen LogP contribution in [0.4, 0.5) is 5.13 Å². The van der Waals surface area contributed by atoms with Crippen molar-refractivity contribution < 1.29 is 4.79 Å². The lowest BCUT2D eigenvalue weighted by molar-refractivity contribution is -0.116. The average Bonchev–Trinajstić information content (AvgIpc) is 3.09. The molecule has 118 valence electrons. The Labute approximate surface area is 141 Å². The van der Waals surface area contributed by atoms with Gasteiger partial charge in [-0.25, -0.2) is 4.98 Å². The molecule has 3 aromatic rings. The van der Waals surface area contributed by atoms with Crippen LogP contribution in [0.3, 0.4) is 0 Å². The molecule has 1 amide bonds. The van der Waals surface area contributed by atoms with Crippen LogP contribution >= 0.6 is 22.7 Å². The van der Waals surface area contributed by atoms with Crippen LogP contribution in [-0.4, -0.2) is 15.5 Å². The van der Waals surface area contributed by atoms with Gasteiger partial charge in [-0.1, -0.05) is 35.6 Å². The van der Waals surface area contributed by atoms with Crippen LogP contribution in [0.1, 0.15) is 11.3 Å². The van der Waals surface area contributed by atoms with Gasteiger partial charge in [-0.3, -0.25) is 14.2 Å². The third-order valence-corrected chi connectivity index (χ3v) is 5.09. The number of benzene rings is 1. The molecule has 0 radical (unpaired) electrons. The largest absolute Gasteiger partial charge is 0.307 e. The Balaban J connectivity index is 1.73. The molecule has 1 aromatic carbocycles. The molecular formula is C16H15N3O2S2. The highest BCUT2D eigenvalue weighted by atomic mass is 32.1. The van der Waals surface area contributed by atoms with Crippen molar-refractivity contribution in [1.82, 2.24) is 9.55 Å². The van der Waals surface area contributed by atoms with E-state index in [1.54, 1.807) is 5.38 Å². The van der Waals surface area contributed by atoms with Crippen molar-refractivity contribution in [2.24, 2.45) is 0 Å². The van der Waals surface area contributed by atoms with E-state index in [0.717, 1.165) is 33.9 Å². The van der Waals surface area contributed by atoms with Gasteiger partial charge in [-0.2, -0.15) is 0 Å². The Hall–Kier alpha value is -2.25. The monoisotopic (exact) mass is 345 g/mol. The standard InChI is InChI=1S/C16H15N3O2S2/c1-10-5-3-4-6-12(10)13-9-22-15(17-13)18-14(20)7-19-11(2)8-23-16(19)21/h3-6,8-9H,7H2,1-2H3,(H,17,18,20). The average molecular weight is 345 g/mol. The van der Waals surface area contributed by atoms with Crippen molar-refractivity contribution in [2.75, 3.05) is 5.32 Å². The summed E-state index contributed by atoms with van der Waals surface area (Å²) in [6.07, 6.45) is 0. The van der Waals surface area contributed by atoms with Gasteiger partial charge in [0.2, 0.25) is 5.91 Å². The lowest BCUT2D eigenvalue weighted by Gasteiger charge is -2.04. The minimum absolute atomic E-state index is 0.00739. The van der Waals surface area contributed by atoms with Gasteiger partial charge in [0.05, 0.1) is 5.69 Å². The molecule has 1 N–H and O–H groups in total. The van der Waals surface area contributed by atoms with Crippen molar-refractivity contribution >= 4 is 33.7 Å². The number of carbonyl (C=O) groups is 1. The highest BCUT2D eigenvalue weighted by Crippen LogP contribution is 2.27. The SMILES string of the molecule is Cc1ccccc1-c1csc(NC(=O)Cn2c(C)csc2=O)n1. The van der Waals surface area contributed by atoms with E-state index in [1.807, 2.05) is 43.5 Å². The maximum atomic E-state index is 12.1. The molecule has 5 nitrogen and oxygen atoms in total. The van der Waals surface area contributed by atoms with Gasteiger partial charge in [0.25, 0.3) is 0 Å². The summed E-state index contributed by atoms with van der Waals surface area (Å²) < 4.78 is 1.45. The molecule has 0 saturated heterocycles. The first-order valence-electron chi connectivity index (χ1n) is 7.01. The lowest BCUT2D eigenvalue weighted by atomic mass is 10.1. The van der Waals surface area contributed by atoms with E-state index in [4.69, 9.17) is 0 Å². The summed E-state index contributed by atoms with van der Waals surface area (Å²) in [5, 5.41) is 6.96. The molecule has 0 saturated carbocycles. The number of aromatic nitrogens is 2. The molecule has 0 bridgehead atoms. The van der Waals surface area contributed by atoms with E-state index in [1.165, 1.54) is 15.9 Å². The van der Waals surface area contributed by atoms with Crippen LogP contribution in [0.25, 0.3) is 11.3 Å². The lowest BCUT2D eigenvalue weighted by Crippen LogP contribution is -2.25. The summed E-state index contributed by atoms with van der Waals surface area (Å²) in [7, 11) is 0. The fraction of sp³-hybridized carbons (Fsp3) is 0.188. The second kappa shape index (κ2) is 6.47. The quantitative estimate of drug-likeness (QED) is 0.789. The van der Waals surface area contributed by atoms with Crippen LogP contribution in [-0.2, 0) is 11.3 Å². The van der Waals surface area contributed by atoms with Crippen molar-refractivity contribution in [3.05, 3.63) is 56.0 Å². The zero-order chi connectivity index (χ0) is 16.4. The summed E-state index contributed by atoms with van der Waals surface area (Å²) in [5.74, 6) is -0.251. The van der Waals surface area contributed by atoms with Crippen LogP contribution in [0, 0.1) is 13.8 Å². The van der Waals surface area contributed by atoms with Crippen LogP contribution < -0.4 is 10.2 Å². The Morgan fingerprint density at radius 3 is 2.70 bits per heavy atom. The Kier molecular flexibility index (Phi) is 4.40. The van der Waals surface area contributed by atoms with E-state index in [2.05, 4.69) is 10.3 Å². The maximum Gasteiger partial charge on any atom is 0.307 e. The zero-order valence-corrected chi connectivity index (χ0v) is 14.3. The molecule has 0 spiro atoms. The van der Waals surface area contributed by atoms with E-state index in [-0.39, 0.29) is 17.3 Å². The van der Waals surface area contributed by atoms with Crippen molar-refractivity contribution in [3.8, 4) is 11.3 Å². The molecule has 3 rings (SSSR count). The first-order valence-corrected chi connectivity index (χ1v) is 8.77. The van der Waals surface area contributed by atoms with Crippen molar-refractivity contribution in [3.63, 3.8) is 0 Å². The second-order valence-electron chi connectivity index (χ2n) is 5.13. The first kappa shape index (κ1) is 15.6. The highest BCUT2D eigenvalue weighted by molar-refractivity contribution is 7.14. The summed E-state index contributed by atoms with van der Waals surface area (Å²) in [6, 6.07) is 7.98. The Morgan fingerprint density at radius 2 is 2.00 bits per heavy atom. The van der Waals surface area contributed by atoms with Crippen LogP contribution in [0.15, 0.2) is 39.8 Å². The topological polar surface area (TPSA) is 64.0 Å². The number of hydrogen-bond donors (Lipinski definition) is 1. The van der Waals surface area contributed by atoms with E-state index in [9.17, 15) is 9.59 Å². The van der Waals surface area contributed by atoms with Crippen LogP contribution in [0.5, 0.6) is 0 Å². The van der Waals surface area contributed by atoms with Crippen molar-refractivity contribution in [1.29, 1.82) is 0 Å². The van der Waals surface area contributed by atoms with Gasteiger partial charge in [0.15, 0.2) is 5.13 Å². The minimum atomic E-state index is -0.251. The number of hydrogen-bond acceptors (Lipinski definition) is 5. The number of anilines is 1. The van der Waals surface area contributed by atoms with Crippen LogP contribution in [0.2, 0.25) is 0 Å². The summed E-state index contributed by atoms with van der Waals surface area (Å²) in [4.78, 5) is 28.1. The van der Waals surface area contributed by atoms with Crippen molar-refractivity contribution in [2.45, 2.75) is 20.4 Å². The summed E-state index contributed by atoms with van der Waals surface area (Å²) in [6.45, 7) is 3.84. The van der Waals surface area contributed by atoms with E-state index in [0.29, 0.717) is 5.13 Å². The molecule has 0 unspecified atom stereocenters. The molecule has 0 atom stereocenters. The molecule has 23 heavy (non-hydrogen) atoms. The van der Waals surface area contributed by atoms with E-state index < -0.39 is 0 Å². The molecule has 0 fully saturated rings. The minimum Gasteiger partial charge on any atom is -0.300 e. The van der Waals surface area contributed by atoms with Gasteiger partial charge < -0.3 is 5.32 Å². The van der Waals surface area contributed by atoms with Gasteiger partial charge in [-0.05, 0) is 19.4 Å². The van der Waals surface area contributed by atoms with Gasteiger partial charge in [0, 0.05) is 22.0 Å². The molecule has 0 aliphatic rings. The maximum absolute atomic E-state index is 12.1. The third kappa shape index (κ3) is 3.40. The normalized spacial score (nSPS) is 10.7. The van der Waals surface area contributed by atoms with E-state index >= 15 is 0 Å². The predicted octanol–water partition coefficient (Wildman–Crippen LogP) is 3.29. The molecule has 2 heterocycles. The predicted molar refractivity (Wildman–Crippen MR) is 94.2 cm³/mol. The molecule has 0 aliphatic carbocycles. The molecule has 0 aliphatic heterocycles. The zero-order valence-electron chi connectivity index (χ0n) is 12.7. The number of rotatable bonds is 4. The number of aryl methyl sites for hydroxylation is 2. The Morgan fingerprint density at radius 1 is 1.22 bits per heavy atom. The fourth-order valence-corrected chi connectivity index (χ4v) is 3.67.